The lowest BCUT2D eigenvalue weighted by atomic mass is 10.0. The van der Waals surface area contributed by atoms with Crippen LogP contribution in [-0.2, 0) is 6.18 Å². The highest BCUT2D eigenvalue weighted by molar-refractivity contribution is 5.47. The predicted octanol–water partition coefficient (Wildman–Crippen LogP) is 4.42. The minimum absolute atomic E-state index is 0.252. The highest BCUT2D eigenvalue weighted by Crippen LogP contribution is 2.30. The smallest absolute Gasteiger partial charge is 0.383 e. The molecule has 0 saturated heterocycles. The van der Waals surface area contributed by atoms with E-state index in [2.05, 4.69) is 11.4 Å². The molecule has 0 amide bonds. The SMILES string of the molecule is N#CC(CNc1cccc(C(F)(F)F)c1)c1ccccc1. The molecule has 2 aromatic rings. The van der Waals surface area contributed by atoms with E-state index in [1.165, 1.54) is 6.07 Å². The molecule has 2 nitrogen and oxygen atoms in total. The maximum atomic E-state index is 12.6. The largest absolute Gasteiger partial charge is 0.416 e. The summed E-state index contributed by atoms with van der Waals surface area (Å²) in [4.78, 5) is 0. The zero-order chi connectivity index (χ0) is 15.3. The first-order valence-electron chi connectivity index (χ1n) is 6.36. The van der Waals surface area contributed by atoms with Crippen molar-refractivity contribution in [2.24, 2.45) is 0 Å². The number of nitrogens with zero attached hydrogens (tertiary/aromatic N) is 1. The van der Waals surface area contributed by atoms with Crippen molar-refractivity contribution in [2.45, 2.75) is 12.1 Å². The molecule has 0 aliphatic heterocycles. The van der Waals surface area contributed by atoms with Gasteiger partial charge < -0.3 is 5.32 Å². The van der Waals surface area contributed by atoms with Crippen LogP contribution >= 0.6 is 0 Å². The second-order valence-corrected chi connectivity index (χ2v) is 4.55. The van der Waals surface area contributed by atoms with Gasteiger partial charge in [0.15, 0.2) is 0 Å². The van der Waals surface area contributed by atoms with Gasteiger partial charge in [-0.3, -0.25) is 0 Å². The summed E-state index contributed by atoms with van der Waals surface area (Å²) in [6.45, 7) is 0.252. The second kappa shape index (κ2) is 6.31. The van der Waals surface area contributed by atoms with Crippen LogP contribution in [0.25, 0.3) is 0 Å². The molecule has 1 unspecified atom stereocenters. The van der Waals surface area contributed by atoms with Gasteiger partial charge in [0.25, 0.3) is 0 Å². The van der Waals surface area contributed by atoms with Gasteiger partial charge >= 0.3 is 6.18 Å². The normalized spacial score (nSPS) is 12.5. The first-order valence-corrected chi connectivity index (χ1v) is 6.36. The fourth-order valence-electron chi connectivity index (χ4n) is 1.95. The maximum Gasteiger partial charge on any atom is 0.416 e. The number of anilines is 1. The van der Waals surface area contributed by atoms with Crippen molar-refractivity contribution in [2.75, 3.05) is 11.9 Å². The first kappa shape index (κ1) is 14.9. The molecule has 2 aromatic carbocycles. The van der Waals surface area contributed by atoms with Crippen LogP contribution in [-0.4, -0.2) is 6.54 Å². The Morgan fingerprint density at radius 2 is 1.76 bits per heavy atom. The summed E-state index contributed by atoms with van der Waals surface area (Å²) >= 11 is 0. The van der Waals surface area contributed by atoms with Crippen molar-refractivity contribution >= 4 is 5.69 Å². The fraction of sp³-hybridized carbons (Fsp3) is 0.188. The summed E-state index contributed by atoms with van der Waals surface area (Å²) in [6, 6.07) is 16.2. The Labute approximate surface area is 120 Å². The summed E-state index contributed by atoms with van der Waals surface area (Å²) in [7, 11) is 0. The zero-order valence-corrected chi connectivity index (χ0v) is 11.1. The molecular formula is C16H13F3N2. The first-order chi connectivity index (χ1) is 10.0. The Morgan fingerprint density at radius 3 is 2.38 bits per heavy atom. The summed E-state index contributed by atoms with van der Waals surface area (Å²) in [5.41, 5.74) is 0.473. The van der Waals surface area contributed by atoms with Gasteiger partial charge in [-0.1, -0.05) is 36.4 Å². The van der Waals surface area contributed by atoms with Crippen molar-refractivity contribution in [1.82, 2.24) is 0 Å². The zero-order valence-electron chi connectivity index (χ0n) is 11.1. The Balaban J connectivity index is 2.08. The second-order valence-electron chi connectivity index (χ2n) is 4.55. The van der Waals surface area contributed by atoms with E-state index >= 15 is 0 Å². The molecule has 0 aliphatic carbocycles. The maximum absolute atomic E-state index is 12.6. The van der Waals surface area contributed by atoms with Crippen LogP contribution in [0.5, 0.6) is 0 Å². The van der Waals surface area contributed by atoms with Gasteiger partial charge in [0, 0.05) is 12.2 Å². The third-order valence-electron chi connectivity index (χ3n) is 3.06. The van der Waals surface area contributed by atoms with Crippen LogP contribution in [0.3, 0.4) is 0 Å². The van der Waals surface area contributed by atoms with Crippen molar-refractivity contribution in [1.29, 1.82) is 5.26 Å². The van der Waals surface area contributed by atoms with Crippen LogP contribution in [0.1, 0.15) is 17.0 Å². The number of hydrogen-bond donors (Lipinski definition) is 1. The molecule has 0 heterocycles. The van der Waals surface area contributed by atoms with Gasteiger partial charge in [0.1, 0.15) is 0 Å². The standard InChI is InChI=1S/C16H13F3N2/c17-16(18,19)14-7-4-8-15(9-14)21-11-13(10-20)12-5-2-1-3-6-12/h1-9,13,21H,11H2. The van der Waals surface area contributed by atoms with E-state index in [0.29, 0.717) is 5.69 Å². The van der Waals surface area contributed by atoms with Crippen LogP contribution in [0.4, 0.5) is 18.9 Å². The highest BCUT2D eigenvalue weighted by atomic mass is 19.4. The van der Waals surface area contributed by atoms with E-state index in [9.17, 15) is 18.4 Å². The Bertz CT molecular complexity index is 630. The number of alkyl halides is 3. The van der Waals surface area contributed by atoms with E-state index < -0.39 is 17.7 Å². The number of nitriles is 1. The molecule has 1 N–H and O–H groups in total. The number of hydrogen-bond acceptors (Lipinski definition) is 2. The van der Waals surface area contributed by atoms with Gasteiger partial charge in [-0.05, 0) is 23.8 Å². The lowest BCUT2D eigenvalue weighted by molar-refractivity contribution is -0.137. The van der Waals surface area contributed by atoms with E-state index in [-0.39, 0.29) is 6.54 Å². The quantitative estimate of drug-likeness (QED) is 0.904. The van der Waals surface area contributed by atoms with Gasteiger partial charge in [-0.25, -0.2) is 0 Å². The van der Waals surface area contributed by atoms with Crippen molar-refractivity contribution in [3.63, 3.8) is 0 Å². The summed E-state index contributed by atoms with van der Waals surface area (Å²) < 4.78 is 37.9. The summed E-state index contributed by atoms with van der Waals surface area (Å²) in [6.07, 6.45) is -4.37. The molecule has 5 heteroatoms. The Hall–Kier alpha value is -2.48. The van der Waals surface area contributed by atoms with Crippen LogP contribution in [0.2, 0.25) is 0 Å². The van der Waals surface area contributed by atoms with Crippen LogP contribution in [0.15, 0.2) is 54.6 Å². The monoisotopic (exact) mass is 290 g/mol. The Morgan fingerprint density at radius 1 is 1.05 bits per heavy atom. The minimum Gasteiger partial charge on any atom is -0.383 e. The van der Waals surface area contributed by atoms with Crippen molar-refractivity contribution < 1.29 is 13.2 Å². The molecule has 0 saturated carbocycles. The molecule has 21 heavy (non-hydrogen) atoms. The van der Waals surface area contributed by atoms with E-state index in [1.807, 2.05) is 30.3 Å². The van der Waals surface area contributed by atoms with Crippen LogP contribution in [0, 0.1) is 11.3 Å². The van der Waals surface area contributed by atoms with E-state index in [0.717, 1.165) is 17.7 Å². The lowest BCUT2D eigenvalue weighted by Crippen LogP contribution is -2.12. The molecule has 2 rings (SSSR count). The molecular weight excluding hydrogens is 277 g/mol. The number of benzene rings is 2. The van der Waals surface area contributed by atoms with Crippen molar-refractivity contribution in [3.8, 4) is 6.07 Å². The molecule has 108 valence electrons. The molecule has 0 radical (unpaired) electrons. The molecule has 0 aromatic heterocycles. The van der Waals surface area contributed by atoms with Gasteiger partial charge in [-0.15, -0.1) is 0 Å². The average Bonchev–Trinajstić information content (AvgIpc) is 2.48. The number of nitrogens with one attached hydrogen (secondary N) is 1. The van der Waals surface area contributed by atoms with Gasteiger partial charge in [-0.2, -0.15) is 18.4 Å². The topological polar surface area (TPSA) is 35.8 Å². The third-order valence-corrected chi connectivity index (χ3v) is 3.06. The van der Waals surface area contributed by atoms with Crippen LogP contribution < -0.4 is 5.32 Å². The number of halogens is 3. The Kier molecular flexibility index (Phi) is 4.49. The lowest BCUT2D eigenvalue weighted by Gasteiger charge is -2.13. The summed E-state index contributed by atoms with van der Waals surface area (Å²) in [5.74, 6) is -0.416. The minimum atomic E-state index is -4.37. The third kappa shape index (κ3) is 3.99. The number of rotatable bonds is 4. The van der Waals surface area contributed by atoms with E-state index in [4.69, 9.17) is 0 Å². The molecule has 0 bridgehead atoms. The van der Waals surface area contributed by atoms with Crippen molar-refractivity contribution in [3.05, 3.63) is 65.7 Å². The predicted molar refractivity (Wildman–Crippen MR) is 74.7 cm³/mol. The van der Waals surface area contributed by atoms with E-state index in [1.54, 1.807) is 6.07 Å². The average molecular weight is 290 g/mol. The summed E-state index contributed by atoms with van der Waals surface area (Å²) in [5, 5.41) is 12.1. The molecule has 0 spiro atoms. The highest BCUT2D eigenvalue weighted by Gasteiger charge is 2.30. The van der Waals surface area contributed by atoms with Gasteiger partial charge in [0.05, 0.1) is 17.6 Å². The molecule has 1 atom stereocenters. The molecule has 0 aliphatic rings. The molecule has 0 fully saturated rings. The van der Waals surface area contributed by atoms with Gasteiger partial charge in [0.2, 0.25) is 0 Å². The fourth-order valence-corrected chi connectivity index (χ4v) is 1.95.